The van der Waals surface area contributed by atoms with Crippen molar-refractivity contribution in [3.8, 4) is 39.8 Å². The Morgan fingerprint density at radius 3 is 1.90 bits per heavy atom. The number of ether oxygens (including phenoxy) is 4. The molecular weight excluding hydrogens is 899 g/mol. The largest absolute Gasteiger partial charge is 0.497 e. The zero-order valence-corrected chi connectivity index (χ0v) is 38.7. The van der Waals surface area contributed by atoms with Crippen LogP contribution in [0.5, 0.6) is 17.2 Å². The van der Waals surface area contributed by atoms with Gasteiger partial charge in [0, 0.05) is 31.9 Å². The predicted molar refractivity (Wildman–Crippen MR) is 250 cm³/mol. The van der Waals surface area contributed by atoms with Crippen LogP contribution >= 0.6 is 0 Å². The summed E-state index contributed by atoms with van der Waals surface area (Å²) >= 11 is 0. The number of nitrogens with one attached hydrogen (secondary N) is 2. The first kappa shape index (κ1) is 47.6. The molecule has 0 saturated heterocycles. The maximum Gasteiger partial charge on any atom is 0.407 e. The van der Waals surface area contributed by atoms with Crippen LogP contribution in [0.15, 0.2) is 143 Å². The van der Waals surface area contributed by atoms with Gasteiger partial charge in [-0.15, -0.1) is 10.2 Å². The Hall–Kier alpha value is -7.39. The highest BCUT2D eigenvalue weighted by Crippen LogP contribution is 2.41. The standard InChI is InChI=1S/C47H49N9O9S2/c1-32(27-50-47(57)65-31-36-8-6-5-7-9-36)53-66(58,59)42-23-22-41(37-24-25-49-43(48)26-37)44(46-51-54-56(52-46)30-35-14-20-40(64-4)21-15-35)45(42)67(60,61)55(28-33-10-16-38(62-2)17-11-33)29-34-12-18-39(63-3)19-13-34/h5-26,32,53H,27-31H2,1-4H3,(H2,48,49)(H,50,57)/t32-/m1/s1. The molecule has 67 heavy (non-hydrogen) atoms. The van der Waals surface area contributed by atoms with Crippen LogP contribution in [0.1, 0.15) is 29.2 Å². The maximum atomic E-state index is 15.9. The monoisotopic (exact) mass is 947 g/mol. The van der Waals surface area contributed by atoms with Gasteiger partial charge in [-0.2, -0.15) is 9.10 Å². The predicted octanol–water partition coefficient (Wildman–Crippen LogP) is 6.04. The second kappa shape index (κ2) is 21.3. The van der Waals surface area contributed by atoms with Gasteiger partial charge in [-0.05, 0) is 100 Å². The summed E-state index contributed by atoms with van der Waals surface area (Å²) in [5, 5.41) is 15.9. The fourth-order valence-electron chi connectivity index (χ4n) is 7.02. The van der Waals surface area contributed by atoms with Gasteiger partial charge in [0.15, 0.2) is 0 Å². The number of benzene rings is 5. The third-order valence-electron chi connectivity index (χ3n) is 10.4. The summed E-state index contributed by atoms with van der Waals surface area (Å²) < 4.78 is 86.7. The van der Waals surface area contributed by atoms with E-state index < -0.39 is 42.0 Å². The van der Waals surface area contributed by atoms with Gasteiger partial charge in [-0.3, -0.25) is 0 Å². The number of tetrazole rings is 1. The first-order chi connectivity index (χ1) is 32.3. The molecule has 18 nitrogen and oxygen atoms in total. The number of nitrogens with zero attached hydrogens (tertiary/aromatic N) is 6. The van der Waals surface area contributed by atoms with E-state index in [-0.39, 0.29) is 55.6 Å². The lowest BCUT2D eigenvalue weighted by molar-refractivity contribution is 0.139. The fourth-order valence-corrected chi connectivity index (χ4v) is 10.7. The molecule has 0 fully saturated rings. The number of nitrogens with two attached hydrogens (primary N) is 1. The maximum absolute atomic E-state index is 15.9. The van der Waals surface area contributed by atoms with Crippen LogP contribution < -0.4 is 30.0 Å². The fraction of sp³-hybridized carbons (Fsp3) is 0.213. The number of carbonyl (C=O) groups excluding carboxylic acids is 1. The van der Waals surface area contributed by atoms with Gasteiger partial charge in [0.05, 0.1) is 33.4 Å². The van der Waals surface area contributed by atoms with Crippen LogP contribution in [0.25, 0.3) is 22.5 Å². The van der Waals surface area contributed by atoms with Crippen molar-refractivity contribution in [3.63, 3.8) is 0 Å². The van der Waals surface area contributed by atoms with E-state index in [0.717, 1.165) is 11.1 Å². The van der Waals surface area contributed by atoms with Gasteiger partial charge >= 0.3 is 6.09 Å². The molecule has 5 aromatic carbocycles. The lowest BCUT2D eigenvalue weighted by Crippen LogP contribution is -2.42. The number of pyridine rings is 1. The van der Waals surface area contributed by atoms with E-state index in [0.29, 0.717) is 33.9 Å². The highest BCUT2D eigenvalue weighted by Gasteiger charge is 2.38. The minimum atomic E-state index is -4.93. The van der Waals surface area contributed by atoms with Gasteiger partial charge in [0.25, 0.3) is 0 Å². The Labute approximate surface area is 388 Å². The average Bonchev–Trinajstić information content (AvgIpc) is 3.80. The van der Waals surface area contributed by atoms with Crippen LogP contribution in [0.4, 0.5) is 10.6 Å². The molecule has 2 heterocycles. The Morgan fingerprint density at radius 1 is 0.746 bits per heavy atom. The molecule has 20 heteroatoms. The van der Waals surface area contributed by atoms with E-state index in [1.807, 2.05) is 30.3 Å². The summed E-state index contributed by atoms with van der Waals surface area (Å²) in [5.74, 6) is 1.67. The van der Waals surface area contributed by atoms with E-state index >= 15 is 8.42 Å². The number of nitrogen functional groups attached to an aromatic ring is 1. The minimum absolute atomic E-state index is 0.00540. The zero-order valence-electron chi connectivity index (χ0n) is 37.1. The van der Waals surface area contributed by atoms with E-state index in [1.165, 1.54) is 54.6 Å². The van der Waals surface area contributed by atoms with Crippen LogP contribution in [0.3, 0.4) is 0 Å². The Morgan fingerprint density at radius 2 is 1.33 bits per heavy atom. The normalized spacial score (nSPS) is 12.1. The Bertz CT molecular complexity index is 2960. The first-order valence-electron chi connectivity index (χ1n) is 20.8. The number of anilines is 1. The number of hydrogen-bond donors (Lipinski definition) is 3. The Balaban J connectivity index is 1.37. The van der Waals surface area contributed by atoms with E-state index in [9.17, 15) is 13.2 Å². The van der Waals surface area contributed by atoms with Crippen molar-refractivity contribution in [1.82, 2.24) is 39.5 Å². The summed E-state index contributed by atoms with van der Waals surface area (Å²) in [4.78, 5) is 16.8. The Kier molecular flexibility index (Phi) is 15.1. The zero-order chi connectivity index (χ0) is 47.6. The first-order valence-corrected chi connectivity index (χ1v) is 23.7. The second-order valence-corrected chi connectivity index (χ2v) is 18.8. The minimum Gasteiger partial charge on any atom is -0.497 e. The van der Waals surface area contributed by atoms with Crippen LogP contribution in [-0.4, -0.2) is 86.3 Å². The molecule has 0 saturated carbocycles. The van der Waals surface area contributed by atoms with Crippen molar-refractivity contribution in [3.05, 3.63) is 156 Å². The number of alkyl carbamates (subject to hydrolysis) is 1. The molecule has 4 N–H and O–H groups in total. The van der Waals surface area contributed by atoms with Crippen molar-refractivity contribution in [1.29, 1.82) is 0 Å². The lowest BCUT2D eigenvalue weighted by Gasteiger charge is -2.26. The van der Waals surface area contributed by atoms with Crippen molar-refractivity contribution in [2.45, 2.75) is 49.0 Å². The molecule has 1 amide bonds. The SMILES string of the molecule is COc1ccc(CN(Cc2ccc(OC)cc2)S(=O)(=O)c2c(S(=O)(=O)N[C@H](C)CNC(=O)OCc3ccccc3)ccc(-c3ccnc(N)c3)c2-c2nnn(Cc3ccc(OC)cc3)n2)cc1. The summed E-state index contributed by atoms with van der Waals surface area (Å²) in [7, 11) is -5.11. The van der Waals surface area contributed by atoms with E-state index in [4.69, 9.17) is 24.7 Å². The molecule has 0 bridgehead atoms. The molecule has 0 aliphatic carbocycles. The quantitative estimate of drug-likeness (QED) is 0.0791. The number of aromatic nitrogens is 5. The molecule has 0 radical (unpaired) electrons. The molecule has 1 atom stereocenters. The van der Waals surface area contributed by atoms with Gasteiger partial charge in [0.2, 0.25) is 25.9 Å². The van der Waals surface area contributed by atoms with E-state index in [2.05, 4.69) is 30.4 Å². The highest BCUT2D eigenvalue weighted by molar-refractivity contribution is 7.92. The summed E-state index contributed by atoms with van der Waals surface area (Å²) in [6.07, 6.45) is 0.667. The molecule has 0 aliphatic heterocycles. The lowest BCUT2D eigenvalue weighted by atomic mass is 10.00. The molecule has 7 aromatic rings. The number of amides is 1. The van der Waals surface area contributed by atoms with E-state index in [1.54, 1.807) is 86.0 Å². The number of sulfonamides is 2. The average molecular weight is 948 g/mol. The molecular formula is C47H49N9O9S2. The van der Waals surface area contributed by atoms with Gasteiger partial charge < -0.3 is 30.0 Å². The molecule has 7 rings (SSSR count). The summed E-state index contributed by atoms with van der Waals surface area (Å²) in [5.41, 5.74) is 9.31. The topological polar surface area (TPSA) is 232 Å². The molecule has 0 spiro atoms. The summed E-state index contributed by atoms with van der Waals surface area (Å²) in [6.45, 7) is 1.01. The second-order valence-electron chi connectivity index (χ2n) is 15.2. The van der Waals surface area contributed by atoms with Crippen LogP contribution in [0.2, 0.25) is 0 Å². The smallest absolute Gasteiger partial charge is 0.407 e. The van der Waals surface area contributed by atoms with Crippen molar-refractivity contribution >= 4 is 32.0 Å². The highest BCUT2D eigenvalue weighted by atomic mass is 32.2. The number of methoxy groups -OCH3 is 3. The molecule has 2 aromatic heterocycles. The van der Waals surface area contributed by atoms with Gasteiger partial charge in [0.1, 0.15) is 39.5 Å². The molecule has 348 valence electrons. The van der Waals surface area contributed by atoms with Crippen molar-refractivity contribution < 1.29 is 40.6 Å². The van der Waals surface area contributed by atoms with Crippen molar-refractivity contribution in [2.75, 3.05) is 33.6 Å². The van der Waals surface area contributed by atoms with Gasteiger partial charge in [-0.1, -0.05) is 72.8 Å². The van der Waals surface area contributed by atoms with Crippen LogP contribution in [0, 0.1) is 0 Å². The van der Waals surface area contributed by atoms with Crippen molar-refractivity contribution in [2.24, 2.45) is 0 Å². The third-order valence-corrected chi connectivity index (χ3v) is 14.1. The van der Waals surface area contributed by atoms with Crippen LogP contribution in [-0.2, 0) is 51.0 Å². The molecule has 0 aliphatic rings. The summed E-state index contributed by atoms with van der Waals surface area (Å²) in [6, 6.07) is 34.7. The number of rotatable bonds is 20. The number of hydrogen-bond acceptors (Lipinski definition) is 14. The molecule has 0 unspecified atom stereocenters. The van der Waals surface area contributed by atoms with Gasteiger partial charge in [-0.25, -0.2) is 31.3 Å². The third kappa shape index (κ3) is 11.9. The number of carbonyl (C=O) groups is 1.